The fourth-order valence-electron chi connectivity index (χ4n) is 2.74. The fourth-order valence-corrected chi connectivity index (χ4v) is 2.74. The predicted octanol–water partition coefficient (Wildman–Crippen LogP) is 5.20. The number of carbonyl (C=O) groups excluding carboxylic acids is 1. The Kier molecular flexibility index (Phi) is 5.63. The van der Waals surface area contributed by atoms with Crippen LogP contribution in [-0.4, -0.2) is 5.97 Å². The highest BCUT2D eigenvalue weighted by molar-refractivity contribution is 5.89. The van der Waals surface area contributed by atoms with Crippen molar-refractivity contribution in [1.29, 1.82) is 0 Å². The maximum absolute atomic E-state index is 12.0. The Hall–Kier alpha value is -1.35. The van der Waals surface area contributed by atoms with Gasteiger partial charge in [0.2, 0.25) is 0 Å². The largest absolute Gasteiger partial charge is 0.373 e. The van der Waals surface area contributed by atoms with E-state index in [1.165, 1.54) is 12.0 Å². The normalized spacial score (nSPS) is 17.5. The predicted molar refractivity (Wildman–Crippen MR) is 87.1 cm³/mol. The molecule has 0 aromatic heterocycles. The second-order valence-electron chi connectivity index (χ2n) is 7.17. The van der Waals surface area contributed by atoms with Gasteiger partial charge in [0.1, 0.15) is 6.10 Å². The molecule has 3 heteroatoms. The third-order valence-electron chi connectivity index (χ3n) is 4.46. The van der Waals surface area contributed by atoms with Gasteiger partial charge < -0.3 is 0 Å². The molecule has 0 N–H and O–H groups in total. The molecule has 0 amide bonds. The van der Waals surface area contributed by atoms with E-state index < -0.39 is 5.97 Å². The average Bonchev–Trinajstić information content (AvgIpc) is 2.52. The molecule has 1 aromatic rings. The van der Waals surface area contributed by atoms with E-state index in [0.29, 0.717) is 5.56 Å². The van der Waals surface area contributed by atoms with Gasteiger partial charge >= 0.3 is 5.97 Å². The first-order valence-electron chi connectivity index (χ1n) is 8.24. The van der Waals surface area contributed by atoms with Gasteiger partial charge in [0, 0.05) is 0 Å². The smallest absolute Gasteiger partial charge is 0.292 e. The summed E-state index contributed by atoms with van der Waals surface area (Å²) in [6.45, 7) is 8.66. The molecule has 0 saturated heterocycles. The third-order valence-corrected chi connectivity index (χ3v) is 4.46. The summed E-state index contributed by atoms with van der Waals surface area (Å²) in [7, 11) is 0. The summed E-state index contributed by atoms with van der Waals surface area (Å²) in [5.41, 5.74) is 1.79. The first-order valence-corrected chi connectivity index (χ1v) is 8.24. The highest BCUT2D eigenvalue weighted by Gasteiger charge is 2.24. The number of carbonyl (C=O) groups is 1. The van der Waals surface area contributed by atoms with Gasteiger partial charge in [-0.2, -0.15) is 4.89 Å². The molecule has 2 rings (SSSR count). The first-order chi connectivity index (χ1) is 10.4. The summed E-state index contributed by atoms with van der Waals surface area (Å²) in [6, 6.07) is 7.53. The molecule has 0 spiro atoms. The zero-order valence-electron chi connectivity index (χ0n) is 14.1. The highest BCUT2D eigenvalue weighted by atomic mass is 17.2. The van der Waals surface area contributed by atoms with Crippen LogP contribution in [-0.2, 0) is 15.2 Å². The first kappa shape index (κ1) is 17.0. The van der Waals surface area contributed by atoms with Crippen molar-refractivity contribution in [2.45, 2.75) is 65.2 Å². The van der Waals surface area contributed by atoms with Crippen molar-refractivity contribution in [3.8, 4) is 0 Å². The summed E-state index contributed by atoms with van der Waals surface area (Å²) in [5, 5.41) is 0. The molecule has 1 radical (unpaired) electrons. The van der Waals surface area contributed by atoms with Crippen LogP contribution in [0.2, 0.25) is 0 Å². The van der Waals surface area contributed by atoms with E-state index in [4.69, 9.17) is 9.78 Å². The Balaban J connectivity index is 1.83. The zero-order chi connectivity index (χ0) is 16.2. The summed E-state index contributed by atoms with van der Waals surface area (Å²) in [5.74, 6) is 0.360. The van der Waals surface area contributed by atoms with Crippen LogP contribution in [0, 0.1) is 12.0 Å². The lowest BCUT2D eigenvalue weighted by molar-refractivity contribution is -0.240. The molecule has 3 nitrogen and oxygen atoms in total. The average molecular weight is 303 g/mol. The van der Waals surface area contributed by atoms with Crippen LogP contribution < -0.4 is 0 Å². The summed E-state index contributed by atoms with van der Waals surface area (Å²) in [6.07, 6.45) is 6.16. The molecule has 1 aliphatic rings. The SMILES string of the molecule is CCC1CC[C](OOC(=O)c2ccc(C(C)(C)C)cc2)CC1. The molecular formula is C19H27O3. The maximum atomic E-state index is 12.0. The Labute approximate surface area is 133 Å². The molecule has 0 unspecified atom stereocenters. The zero-order valence-corrected chi connectivity index (χ0v) is 14.1. The molecule has 0 heterocycles. The Bertz CT molecular complexity index is 476. The minimum Gasteiger partial charge on any atom is -0.292 e. The van der Waals surface area contributed by atoms with E-state index in [0.717, 1.165) is 37.7 Å². The van der Waals surface area contributed by atoms with Gasteiger partial charge in [0.25, 0.3) is 0 Å². The van der Waals surface area contributed by atoms with Gasteiger partial charge in [-0.05, 0) is 54.7 Å². The molecular weight excluding hydrogens is 276 g/mol. The number of rotatable bonds is 4. The van der Waals surface area contributed by atoms with Crippen molar-refractivity contribution in [3.63, 3.8) is 0 Å². The Morgan fingerprint density at radius 2 is 1.73 bits per heavy atom. The van der Waals surface area contributed by atoms with Gasteiger partial charge in [0.15, 0.2) is 0 Å². The quantitative estimate of drug-likeness (QED) is 0.566. The van der Waals surface area contributed by atoms with Crippen LogP contribution in [0.25, 0.3) is 0 Å². The van der Waals surface area contributed by atoms with Crippen LogP contribution in [0.1, 0.15) is 75.7 Å². The molecule has 22 heavy (non-hydrogen) atoms. The van der Waals surface area contributed by atoms with Crippen LogP contribution >= 0.6 is 0 Å². The van der Waals surface area contributed by atoms with Crippen molar-refractivity contribution >= 4 is 5.97 Å². The number of hydrogen-bond donors (Lipinski definition) is 0. The lowest BCUT2D eigenvalue weighted by atomic mass is 9.86. The van der Waals surface area contributed by atoms with Crippen LogP contribution in [0.3, 0.4) is 0 Å². The number of benzene rings is 1. The van der Waals surface area contributed by atoms with E-state index >= 15 is 0 Å². The van der Waals surface area contributed by atoms with E-state index in [-0.39, 0.29) is 5.41 Å². The minimum absolute atomic E-state index is 0.0761. The van der Waals surface area contributed by atoms with Crippen molar-refractivity contribution in [2.75, 3.05) is 0 Å². The third kappa shape index (κ3) is 4.57. The van der Waals surface area contributed by atoms with Crippen molar-refractivity contribution in [3.05, 3.63) is 41.5 Å². The molecule has 0 bridgehead atoms. The second-order valence-corrected chi connectivity index (χ2v) is 7.17. The minimum atomic E-state index is -0.425. The highest BCUT2D eigenvalue weighted by Crippen LogP contribution is 2.32. The summed E-state index contributed by atoms with van der Waals surface area (Å²) in [4.78, 5) is 22.3. The second kappa shape index (κ2) is 7.28. The van der Waals surface area contributed by atoms with Gasteiger partial charge in [-0.3, -0.25) is 4.89 Å². The standard InChI is InChI=1S/C19H27O3/c1-5-14-6-12-17(13-7-14)21-22-18(20)15-8-10-16(11-9-15)19(2,3)4/h8-11,14H,5-7,12-13H2,1-4H3. The number of hydrogen-bond acceptors (Lipinski definition) is 3. The van der Waals surface area contributed by atoms with Crippen LogP contribution in [0.15, 0.2) is 24.3 Å². The molecule has 1 aliphatic carbocycles. The van der Waals surface area contributed by atoms with E-state index in [1.807, 2.05) is 12.1 Å². The lowest BCUT2D eigenvalue weighted by Gasteiger charge is -2.25. The summed E-state index contributed by atoms with van der Waals surface area (Å²) >= 11 is 0. The molecule has 121 valence electrons. The molecule has 0 aliphatic heterocycles. The molecule has 1 fully saturated rings. The van der Waals surface area contributed by atoms with Gasteiger partial charge in [-0.15, -0.1) is 0 Å². The van der Waals surface area contributed by atoms with Crippen LogP contribution in [0.5, 0.6) is 0 Å². The Morgan fingerprint density at radius 1 is 1.14 bits per heavy atom. The van der Waals surface area contributed by atoms with E-state index in [9.17, 15) is 4.79 Å². The molecule has 0 atom stereocenters. The topological polar surface area (TPSA) is 35.5 Å². The van der Waals surface area contributed by atoms with Gasteiger partial charge in [0.05, 0.1) is 5.56 Å². The van der Waals surface area contributed by atoms with E-state index in [1.54, 1.807) is 12.1 Å². The Morgan fingerprint density at radius 3 is 2.23 bits per heavy atom. The monoisotopic (exact) mass is 303 g/mol. The van der Waals surface area contributed by atoms with Gasteiger partial charge in [-0.1, -0.05) is 46.2 Å². The maximum Gasteiger partial charge on any atom is 0.373 e. The van der Waals surface area contributed by atoms with Crippen molar-refractivity contribution in [2.24, 2.45) is 5.92 Å². The van der Waals surface area contributed by atoms with Gasteiger partial charge in [-0.25, -0.2) is 4.79 Å². The lowest BCUT2D eigenvalue weighted by Crippen LogP contribution is -2.17. The fraction of sp³-hybridized carbons (Fsp3) is 0.579. The van der Waals surface area contributed by atoms with Crippen LogP contribution in [0.4, 0.5) is 0 Å². The molecule has 1 saturated carbocycles. The van der Waals surface area contributed by atoms with Crippen molar-refractivity contribution in [1.82, 2.24) is 0 Å². The summed E-state index contributed by atoms with van der Waals surface area (Å²) < 4.78 is 0. The van der Waals surface area contributed by atoms with E-state index in [2.05, 4.69) is 27.7 Å². The molecule has 1 aromatic carbocycles. The van der Waals surface area contributed by atoms with Crippen molar-refractivity contribution < 1.29 is 14.6 Å².